The molecule has 6 heteroatoms. The van der Waals surface area contributed by atoms with Crippen LogP contribution in [-0.2, 0) is 10.0 Å². The summed E-state index contributed by atoms with van der Waals surface area (Å²) >= 11 is 0. The van der Waals surface area contributed by atoms with Crippen molar-refractivity contribution in [1.82, 2.24) is 4.90 Å². The molecule has 0 spiro atoms. The fourth-order valence-corrected chi connectivity index (χ4v) is 1.73. The van der Waals surface area contributed by atoms with Crippen LogP contribution in [0.25, 0.3) is 0 Å². The molecule has 0 saturated heterocycles. The number of nitrogens with zero attached hydrogens (tertiary/aromatic N) is 2. The molecule has 0 saturated carbocycles. The van der Waals surface area contributed by atoms with Gasteiger partial charge in [-0.15, -0.1) is 0 Å². The molecule has 0 aliphatic heterocycles. The van der Waals surface area contributed by atoms with Gasteiger partial charge in [0.2, 0.25) is 10.0 Å². The number of aliphatic imine (C=N–C) groups is 1. The summed E-state index contributed by atoms with van der Waals surface area (Å²) in [5.74, 6) is 0. The second-order valence-electron chi connectivity index (χ2n) is 3.70. The highest BCUT2D eigenvalue weighted by atomic mass is 32.2. The van der Waals surface area contributed by atoms with Gasteiger partial charge in [-0.05, 0) is 30.7 Å². The number of primary sulfonamides is 1. The summed E-state index contributed by atoms with van der Waals surface area (Å²) in [6, 6.07) is 4.59. The van der Waals surface area contributed by atoms with E-state index >= 15 is 0 Å². The van der Waals surface area contributed by atoms with Crippen LogP contribution in [0, 0.1) is 6.92 Å². The molecule has 0 amide bonds. The van der Waals surface area contributed by atoms with Gasteiger partial charge in [0.15, 0.2) is 0 Å². The van der Waals surface area contributed by atoms with Crippen LogP contribution < -0.4 is 5.14 Å². The molecule has 0 aliphatic carbocycles. The smallest absolute Gasteiger partial charge is 0.238 e. The third-order valence-electron chi connectivity index (χ3n) is 1.92. The quantitative estimate of drug-likeness (QED) is 0.630. The van der Waals surface area contributed by atoms with Crippen LogP contribution in [0.3, 0.4) is 0 Å². The molecular weight excluding hydrogens is 226 g/mol. The van der Waals surface area contributed by atoms with Crippen molar-refractivity contribution >= 4 is 22.0 Å². The molecule has 0 fully saturated rings. The summed E-state index contributed by atoms with van der Waals surface area (Å²) in [4.78, 5) is 6.10. The van der Waals surface area contributed by atoms with Gasteiger partial charge in [-0.2, -0.15) is 0 Å². The monoisotopic (exact) mass is 241 g/mol. The van der Waals surface area contributed by atoms with Gasteiger partial charge in [-0.25, -0.2) is 18.5 Å². The topological polar surface area (TPSA) is 75.8 Å². The van der Waals surface area contributed by atoms with E-state index in [0.29, 0.717) is 0 Å². The normalized spacial score (nSPS) is 12.0. The van der Waals surface area contributed by atoms with Crippen molar-refractivity contribution in [3.63, 3.8) is 0 Å². The largest absolute Gasteiger partial charge is 0.369 e. The molecule has 0 radical (unpaired) electrons. The summed E-state index contributed by atoms with van der Waals surface area (Å²) in [5, 5.41) is 5.02. The zero-order valence-electron chi connectivity index (χ0n) is 9.51. The Labute approximate surface area is 95.6 Å². The van der Waals surface area contributed by atoms with Crippen molar-refractivity contribution in [3.05, 3.63) is 23.8 Å². The van der Waals surface area contributed by atoms with E-state index in [1.807, 2.05) is 14.1 Å². The fourth-order valence-electron chi connectivity index (χ4n) is 1.13. The van der Waals surface area contributed by atoms with Gasteiger partial charge in [-0.1, -0.05) is 0 Å². The van der Waals surface area contributed by atoms with Crippen molar-refractivity contribution in [1.29, 1.82) is 0 Å². The van der Waals surface area contributed by atoms with Crippen LogP contribution >= 0.6 is 0 Å². The lowest BCUT2D eigenvalue weighted by molar-refractivity contribution is 0.597. The minimum atomic E-state index is -3.64. The highest BCUT2D eigenvalue weighted by Gasteiger charge is 2.08. The van der Waals surface area contributed by atoms with E-state index in [-0.39, 0.29) is 4.90 Å². The summed E-state index contributed by atoms with van der Waals surface area (Å²) < 4.78 is 22.2. The van der Waals surface area contributed by atoms with Crippen molar-refractivity contribution in [2.45, 2.75) is 11.8 Å². The number of rotatable bonds is 3. The molecular formula is C10H15N3O2S. The van der Waals surface area contributed by atoms with Crippen molar-refractivity contribution in [3.8, 4) is 0 Å². The number of sulfonamides is 1. The molecule has 1 rings (SSSR count). The zero-order valence-corrected chi connectivity index (χ0v) is 10.3. The average molecular weight is 241 g/mol. The molecule has 1 aromatic carbocycles. The van der Waals surface area contributed by atoms with Crippen LogP contribution in [0.5, 0.6) is 0 Å². The Balaban J connectivity index is 3.11. The lowest BCUT2D eigenvalue weighted by Gasteiger charge is -2.05. The minimum absolute atomic E-state index is 0.105. The maximum Gasteiger partial charge on any atom is 0.238 e. The highest BCUT2D eigenvalue weighted by Crippen LogP contribution is 2.21. The Morgan fingerprint density at radius 1 is 1.38 bits per heavy atom. The molecule has 5 nitrogen and oxygen atoms in total. The van der Waals surface area contributed by atoms with E-state index in [9.17, 15) is 8.42 Å². The van der Waals surface area contributed by atoms with Crippen LogP contribution in [0.15, 0.2) is 28.1 Å². The Hall–Kier alpha value is -1.40. The maximum absolute atomic E-state index is 11.1. The Kier molecular flexibility index (Phi) is 3.66. The zero-order chi connectivity index (χ0) is 12.3. The number of hydrogen-bond acceptors (Lipinski definition) is 3. The van der Waals surface area contributed by atoms with Crippen molar-refractivity contribution in [2.24, 2.45) is 10.1 Å². The molecule has 0 aromatic heterocycles. The summed E-state index contributed by atoms with van der Waals surface area (Å²) in [6.45, 7) is 1.79. The first-order valence-corrected chi connectivity index (χ1v) is 6.19. The van der Waals surface area contributed by atoms with E-state index in [2.05, 4.69) is 4.99 Å². The lowest BCUT2D eigenvalue weighted by atomic mass is 10.2. The third-order valence-corrected chi connectivity index (χ3v) is 2.84. The Bertz CT molecular complexity index is 507. The minimum Gasteiger partial charge on any atom is -0.369 e. The Morgan fingerprint density at radius 3 is 2.44 bits per heavy atom. The van der Waals surface area contributed by atoms with Gasteiger partial charge in [-0.3, -0.25) is 0 Å². The number of aryl methyl sites for hydroxylation is 1. The number of benzene rings is 1. The van der Waals surface area contributed by atoms with E-state index < -0.39 is 10.0 Å². The third kappa shape index (κ3) is 3.32. The molecule has 88 valence electrons. The van der Waals surface area contributed by atoms with Crippen molar-refractivity contribution < 1.29 is 8.42 Å². The molecule has 0 unspecified atom stereocenters. The van der Waals surface area contributed by atoms with Gasteiger partial charge < -0.3 is 4.90 Å². The molecule has 0 atom stereocenters. The molecule has 0 aliphatic rings. The number of nitrogens with two attached hydrogens (primary N) is 1. The predicted octanol–water partition coefficient (Wildman–Crippen LogP) is 0.864. The van der Waals surface area contributed by atoms with E-state index in [1.54, 1.807) is 24.2 Å². The summed E-state index contributed by atoms with van der Waals surface area (Å²) in [6.07, 6.45) is 1.65. The standard InChI is InChI=1S/C10H15N3O2S/c1-8-6-9(16(11,14)15)4-5-10(8)12-7-13(2)3/h4-7H,1-3H3,(H2,11,14,15)/b12-7+. The molecule has 0 heterocycles. The molecule has 0 bridgehead atoms. The summed E-state index contributed by atoms with van der Waals surface area (Å²) in [5.41, 5.74) is 1.49. The maximum atomic E-state index is 11.1. The predicted molar refractivity (Wildman–Crippen MR) is 64.4 cm³/mol. The first kappa shape index (κ1) is 12.7. The van der Waals surface area contributed by atoms with E-state index in [0.717, 1.165) is 11.3 Å². The average Bonchev–Trinajstić information content (AvgIpc) is 2.14. The van der Waals surface area contributed by atoms with Gasteiger partial charge in [0.25, 0.3) is 0 Å². The first-order chi connectivity index (χ1) is 7.30. The second kappa shape index (κ2) is 4.63. The van der Waals surface area contributed by atoms with Crippen LogP contribution in [0.4, 0.5) is 5.69 Å². The van der Waals surface area contributed by atoms with E-state index in [1.165, 1.54) is 12.1 Å². The SMILES string of the molecule is Cc1cc(S(N)(=O)=O)ccc1/N=C/N(C)C. The van der Waals surface area contributed by atoms with Gasteiger partial charge in [0.1, 0.15) is 0 Å². The Morgan fingerprint density at radius 2 is 2.00 bits per heavy atom. The molecule has 1 aromatic rings. The summed E-state index contributed by atoms with van der Waals surface area (Å²) in [7, 11) is 0.0817. The van der Waals surface area contributed by atoms with Gasteiger partial charge in [0.05, 0.1) is 16.9 Å². The first-order valence-electron chi connectivity index (χ1n) is 4.65. The molecule has 2 N–H and O–H groups in total. The van der Waals surface area contributed by atoms with E-state index in [4.69, 9.17) is 5.14 Å². The second-order valence-corrected chi connectivity index (χ2v) is 5.26. The van der Waals surface area contributed by atoms with Crippen LogP contribution in [0.1, 0.15) is 5.56 Å². The lowest BCUT2D eigenvalue weighted by Crippen LogP contribution is -2.12. The van der Waals surface area contributed by atoms with Crippen LogP contribution in [-0.4, -0.2) is 33.8 Å². The molecule has 16 heavy (non-hydrogen) atoms. The van der Waals surface area contributed by atoms with Gasteiger partial charge >= 0.3 is 0 Å². The highest BCUT2D eigenvalue weighted by molar-refractivity contribution is 7.89. The fraction of sp³-hybridized carbons (Fsp3) is 0.300. The van der Waals surface area contributed by atoms with Gasteiger partial charge in [0, 0.05) is 14.1 Å². The number of hydrogen-bond donors (Lipinski definition) is 1. The van der Waals surface area contributed by atoms with Crippen molar-refractivity contribution in [2.75, 3.05) is 14.1 Å². The van der Waals surface area contributed by atoms with Crippen LogP contribution in [0.2, 0.25) is 0 Å².